The van der Waals surface area contributed by atoms with E-state index in [1.165, 1.54) is 6.42 Å². The largest absolute Gasteiger partial charge is 0.497 e. The molecule has 3 amide bonds. The molecule has 1 aromatic carbocycles. The van der Waals surface area contributed by atoms with Crippen LogP contribution in [0.1, 0.15) is 44.6 Å². The van der Waals surface area contributed by atoms with E-state index in [1.807, 2.05) is 36.9 Å². The Bertz CT molecular complexity index is 731. The number of rotatable bonds is 5. The summed E-state index contributed by atoms with van der Waals surface area (Å²) >= 11 is 0. The summed E-state index contributed by atoms with van der Waals surface area (Å²) in [4.78, 5) is 29.8. The second kappa shape index (κ2) is 9.37. The van der Waals surface area contributed by atoms with Gasteiger partial charge in [-0.15, -0.1) is 0 Å². The minimum Gasteiger partial charge on any atom is -0.497 e. The van der Waals surface area contributed by atoms with E-state index in [0.29, 0.717) is 13.1 Å². The summed E-state index contributed by atoms with van der Waals surface area (Å²) in [6.07, 6.45) is 3.26. The number of methoxy groups -OCH3 is 2. The number of nitrogens with zero attached hydrogens (tertiary/aromatic N) is 2. The van der Waals surface area contributed by atoms with Crippen molar-refractivity contribution in [3.05, 3.63) is 23.8 Å². The summed E-state index contributed by atoms with van der Waals surface area (Å²) in [6, 6.07) is 5.57. The SMILES string of the molecule is COc1ccc(OC)c([C@@H]2CN(C(=O)NC(C)C)C[C@@H]2C(=O)N2CCCCC2)c1. The summed E-state index contributed by atoms with van der Waals surface area (Å²) in [5.41, 5.74) is 0.919. The fourth-order valence-electron chi connectivity index (χ4n) is 4.35. The van der Waals surface area contributed by atoms with Gasteiger partial charge in [0.15, 0.2) is 0 Å². The standard InChI is InChI=1S/C22H33N3O4/c1-15(2)23-22(27)25-13-18(17-12-16(28-3)8-9-20(17)29-4)19(14-25)21(26)24-10-6-5-7-11-24/h8-9,12,15,18-19H,5-7,10-11,13-14H2,1-4H3,(H,23,27)/t18-,19-/m0/s1. The molecule has 7 nitrogen and oxygen atoms in total. The monoisotopic (exact) mass is 403 g/mol. The number of carbonyl (C=O) groups excluding carboxylic acids is 2. The highest BCUT2D eigenvalue weighted by Gasteiger charge is 2.43. The van der Waals surface area contributed by atoms with Crippen LogP contribution in [-0.2, 0) is 4.79 Å². The highest BCUT2D eigenvalue weighted by atomic mass is 16.5. The number of urea groups is 1. The number of likely N-dealkylation sites (tertiary alicyclic amines) is 2. The number of hydrogen-bond acceptors (Lipinski definition) is 4. The lowest BCUT2D eigenvalue weighted by Crippen LogP contribution is -2.44. The Hall–Kier alpha value is -2.44. The molecular weight excluding hydrogens is 370 g/mol. The predicted molar refractivity (Wildman–Crippen MR) is 111 cm³/mol. The van der Waals surface area contributed by atoms with Gasteiger partial charge in [0.05, 0.1) is 20.1 Å². The van der Waals surface area contributed by atoms with Gasteiger partial charge in [0.1, 0.15) is 11.5 Å². The van der Waals surface area contributed by atoms with E-state index < -0.39 is 0 Å². The van der Waals surface area contributed by atoms with Gasteiger partial charge < -0.3 is 24.6 Å². The van der Waals surface area contributed by atoms with Crippen molar-refractivity contribution in [3.63, 3.8) is 0 Å². The van der Waals surface area contributed by atoms with E-state index >= 15 is 0 Å². The van der Waals surface area contributed by atoms with E-state index in [0.717, 1.165) is 43.0 Å². The summed E-state index contributed by atoms with van der Waals surface area (Å²) in [5, 5.41) is 2.95. The Labute approximate surface area is 173 Å². The van der Waals surface area contributed by atoms with Gasteiger partial charge in [0.25, 0.3) is 0 Å². The van der Waals surface area contributed by atoms with E-state index in [2.05, 4.69) is 5.32 Å². The number of ether oxygens (including phenoxy) is 2. The third-order valence-corrected chi connectivity index (χ3v) is 5.84. The second-order valence-corrected chi connectivity index (χ2v) is 8.22. The average molecular weight is 404 g/mol. The molecule has 0 saturated carbocycles. The maximum absolute atomic E-state index is 13.4. The van der Waals surface area contributed by atoms with Crippen LogP contribution in [0.4, 0.5) is 4.79 Å². The van der Waals surface area contributed by atoms with Crippen LogP contribution >= 0.6 is 0 Å². The highest BCUT2D eigenvalue weighted by Crippen LogP contribution is 2.40. The van der Waals surface area contributed by atoms with Crippen molar-refractivity contribution < 1.29 is 19.1 Å². The lowest BCUT2D eigenvalue weighted by Gasteiger charge is -2.31. The first-order valence-electron chi connectivity index (χ1n) is 10.5. The smallest absolute Gasteiger partial charge is 0.317 e. The van der Waals surface area contributed by atoms with Crippen LogP contribution in [0, 0.1) is 5.92 Å². The number of hydrogen-bond donors (Lipinski definition) is 1. The number of carbonyl (C=O) groups is 2. The molecule has 0 spiro atoms. The van der Waals surface area contributed by atoms with Gasteiger partial charge in [-0.05, 0) is 51.3 Å². The summed E-state index contributed by atoms with van der Waals surface area (Å²) in [7, 11) is 3.25. The Morgan fingerprint density at radius 3 is 2.38 bits per heavy atom. The second-order valence-electron chi connectivity index (χ2n) is 8.22. The van der Waals surface area contributed by atoms with Crippen LogP contribution in [0.15, 0.2) is 18.2 Å². The van der Waals surface area contributed by atoms with Crippen molar-refractivity contribution in [2.24, 2.45) is 5.92 Å². The van der Waals surface area contributed by atoms with Gasteiger partial charge in [-0.3, -0.25) is 4.79 Å². The van der Waals surface area contributed by atoms with Crippen LogP contribution in [0.5, 0.6) is 11.5 Å². The van der Waals surface area contributed by atoms with Crippen LogP contribution < -0.4 is 14.8 Å². The molecule has 2 heterocycles. The zero-order chi connectivity index (χ0) is 21.0. The Morgan fingerprint density at radius 1 is 1.03 bits per heavy atom. The van der Waals surface area contributed by atoms with E-state index in [9.17, 15) is 9.59 Å². The van der Waals surface area contributed by atoms with E-state index in [-0.39, 0.29) is 29.8 Å². The number of amides is 3. The van der Waals surface area contributed by atoms with Crippen molar-refractivity contribution in [2.45, 2.75) is 45.1 Å². The first-order chi connectivity index (χ1) is 13.9. The molecule has 0 bridgehead atoms. The first kappa shape index (κ1) is 21.3. The van der Waals surface area contributed by atoms with Crippen LogP contribution in [-0.4, -0.2) is 68.2 Å². The summed E-state index contributed by atoms with van der Waals surface area (Å²) in [6.45, 7) is 6.37. The third-order valence-electron chi connectivity index (χ3n) is 5.84. The fraction of sp³-hybridized carbons (Fsp3) is 0.636. The highest BCUT2D eigenvalue weighted by molar-refractivity contribution is 5.83. The normalized spacial score (nSPS) is 22.0. The van der Waals surface area contributed by atoms with Crippen molar-refractivity contribution in [1.82, 2.24) is 15.1 Å². The molecule has 3 rings (SSSR count). The molecule has 29 heavy (non-hydrogen) atoms. The predicted octanol–water partition coefficient (Wildman–Crippen LogP) is 2.85. The van der Waals surface area contributed by atoms with Crippen molar-refractivity contribution >= 4 is 11.9 Å². The molecule has 2 fully saturated rings. The minimum atomic E-state index is -0.285. The maximum Gasteiger partial charge on any atom is 0.317 e. The van der Waals surface area contributed by atoms with Crippen molar-refractivity contribution in [3.8, 4) is 11.5 Å². The van der Waals surface area contributed by atoms with Gasteiger partial charge in [-0.1, -0.05) is 0 Å². The van der Waals surface area contributed by atoms with Gasteiger partial charge in [0.2, 0.25) is 5.91 Å². The van der Waals surface area contributed by atoms with E-state index in [4.69, 9.17) is 9.47 Å². The molecule has 0 aliphatic carbocycles. The number of piperidine rings is 1. The topological polar surface area (TPSA) is 71.1 Å². The minimum absolute atomic E-state index is 0.0455. The lowest BCUT2D eigenvalue weighted by molar-refractivity contribution is -0.136. The molecule has 0 radical (unpaired) electrons. The molecule has 2 saturated heterocycles. The van der Waals surface area contributed by atoms with Gasteiger partial charge in [0, 0.05) is 43.7 Å². The van der Waals surface area contributed by atoms with Gasteiger partial charge in [-0.25, -0.2) is 4.79 Å². The Kier molecular flexibility index (Phi) is 6.87. The molecule has 160 valence electrons. The molecule has 7 heteroatoms. The summed E-state index contributed by atoms with van der Waals surface area (Å²) in [5.74, 6) is 1.16. The Morgan fingerprint density at radius 2 is 1.76 bits per heavy atom. The van der Waals surface area contributed by atoms with Gasteiger partial charge >= 0.3 is 6.03 Å². The quantitative estimate of drug-likeness (QED) is 0.821. The molecule has 2 atom stereocenters. The molecule has 2 aliphatic rings. The Balaban J connectivity index is 1.92. The number of nitrogens with one attached hydrogen (secondary N) is 1. The maximum atomic E-state index is 13.4. The first-order valence-corrected chi connectivity index (χ1v) is 10.5. The molecule has 2 aliphatic heterocycles. The van der Waals surface area contributed by atoms with E-state index in [1.54, 1.807) is 19.1 Å². The van der Waals surface area contributed by atoms with Crippen LogP contribution in [0.3, 0.4) is 0 Å². The zero-order valence-corrected chi connectivity index (χ0v) is 17.9. The number of benzene rings is 1. The molecule has 0 unspecified atom stereocenters. The molecule has 0 aromatic heterocycles. The van der Waals surface area contributed by atoms with Gasteiger partial charge in [-0.2, -0.15) is 0 Å². The zero-order valence-electron chi connectivity index (χ0n) is 17.9. The summed E-state index contributed by atoms with van der Waals surface area (Å²) < 4.78 is 11.0. The van der Waals surface area contributed by atoms with Crippen LogP contribution in [0.2, 0.25) is 0 Å². The van der Waals surface area contributed by atoms with Crippen molar-refractivity contribution in [1.29, 1.82) is 0 Å². The lowest BCUT2D eigenvalue weighted by atomic mass is 9.86. The third kappa shape index (κ3) is 4.77. The molecular formula is C22H33N3O4. The fourth-order valence-corrected chi connectivity index (χ4v) is 4.35. The van der Waals surface area contributed by atoms with Crippen molar-refractivity contribution in [2.75, 3.05) is 40.4 Å². The molecule has 1 N–H and O–H groups in total. The average Bonchev–Trinajstić information content (AvgIpc) is 3.18. The van der Waals surface area contributed by atoms with Crippen LogP contribution in [0.25, 0.3) is 0 Å². The molecule has 1 aromatic rings.